The molecule has 0 aliphatic heterocycles. The number of para-hydroxylation sites is 2. The third-order valence-electron chi connectivity index (χ3n) is 5.98. The van der Waals surface area contributed by atoms with E-state index in [1.165, 1.54) is 0 Å². The van der Waals surface area contributed by atoms with E-state index in [0.29, 0.717) is 18.7 Å². The maximum Gasteiger partial charge on any atom is 0.251 e. The van der Waals surface area contributed by atoms with Crippen LogP contribution in [0.4, 0.5) is 0 Å². The van der Waals surface area contributed by atoms with Gasteiger partial charge in [0, 0.05) is 32.1 Å². The molecule has 3 rings (SSSR count). The van der Waals surface area contributed by atoms with Crippen molar-refractivity contribution in [1.29, 1.82) is 0 Å². The van der Waals surface area contributed by atoms with E-state index in [1.807, 2.05) is 67.4 Å². The molecule has 6 heteroatoms. The first-order chi connectivity index (χ1) is 16.0. The van der Waals surface area contributed by atoms with Crippen molar-refractivity contribution in [3.8, 4) is 0 Å². The minimum absolute atomic E-state index is 0.0255. The van der Waals surface area contributed by atoms with E-state index in [-0.39, 0.29) is 11.8 Å². The van der Waals surface area contributed by atoms with E-state index >= 15 is 0 Å². The second-order valence-corrected chi connectivity index (χ2v) is 8.70. The average Bonchev–Trinajstić information content (AvgIpc) is 3.17. The zero-order valence-electron chi connectivity index (χ0n) is 20.1. The van der Waals surface area contributed by atoms with Crippen LogP contribution in [0.25, 0.3) is 11.0 Å². The first-order valence-corrected chi connectivity index (χ1v) is 12.0. The molecule has 0 bridgehead atoms. The summed E-state index contributed by atoms with van der Waals surface area (Å²) in [5.74, 6) is 1.05. The molecule has 0 aliphatic carbocycles. The van der Waals surface area contributed by atoms with Gasteiger partial charge in [-0.1, -0.05) is 49.6 Å². The molecule has 0 spiro atoms. The fourth-order valence-corrected chi connectivity index (χ4v) is 3.86. The number of carbonyl (C=O) groups excluding carboxylic acids is 2. The Kier molecular flexibility index (Phi) is 9.04. The molecule has 0 aliphatic rings. The van der Waals surface area contributed by atoms with Gasteiger partial charge in [0.15, 0.2) is 0 Å². The molecule has 0 fully saturated rings. The lowest BCUT2D eigenvalue weighted by atomic mass is 10.1. The number of imidazole rings is 1. The van der Waals surface area contributed by atoms with Crippen LogP contribution in [0.3, 0.4) is 0 Å². The zero-order valence-corrected chi connectivity index (χ0v) is 20.1. The largest absolute Gasteiger partial charge is 0.352 e. The molecule has 2 amide bonds. The van der Waals surface area contributed by atoms with Gasteiger partial charge in [0.2, 0.25) is 5.91 Å². The Morgan fingerprint density at radius 1 is 1.00 bits per heavy atom. The summed E-state index contributed by atoms with van der Waals surface area (Å²) in [6.07, 6.45) is 5.76. The van der Waals surface area contributed by atoms with Gasteiger partial charge < -0.3 is 14.8 Å². The van der Waals surface area contributed by atoms with Gasteiger partial charge in [0.25, 0.3) is 5.91 Å². The van der Waals surface area contributed by atoms with Crippen molar-refractivity contribution in [2.24, 2.45) is 0 Å². The van der Waals surface area contributed by atoms with Gasteiger partial charge in [-0.2, -0.15) is 0 Å². The molecule has 0 atom stereocenters. The van der Waals surface area contributed by atoms with E-state index in [1.54, 1.807) is 0 Å². The van der Waals surface area contributed by atoms with Crippen molar-refractivity contribution < 1.29 is 9.59 Å². The van der Waals surface area contributed by atoms with Crippen molar-refractivity contribution in [1.82, 2.24) is 19.8 Å². The number of unbranched alkanes of at least 4 members (excludes halogenated alkanes) is 3. The molecule has 0 saturated heterocycles. The maximum atomic E-state index is 12.8. The highest BCUT2D eigenvalue weighted by atomic mass is 16.2. The summed E-state index contributed by atoms with van der Waals surface area (Å²) >= 11 is 0. The minimum Gasteiger partial charge on any atom is -0.352 e. The Hall–Kier alpha value is -3.15. The number of rotatable bonds is 12. The highest BCUT2D eigenvalue weighted by Gasteiger charge is 2.15. The van der Waals surface area contributed by atoms with Gasteiger partial charge in [-0.3, -0.25) is 9.59 Å². The number of aryl methyl sites for hydroxylation is 2. The van der Waals surface area contributed by atoms with E-state index < -0.39 is 0 Å². The van der Waals surface area contributed by atoms with Gasteiger partial charge in [-0.05, 0) is 50.5 Å². The van der Waals surface area contributed by atoms with E-state index in [0.717, 1.165) is 67.5 Å². The van der Waals surface area contributed by atoms with Gasteiger partial charge in [-0.15, -0.1) is 0 Å². The first kappa shape index (κ1) is 24.5. The van der Waals surface area contributed by atoms with Gasteiger partial charge >= 0.3 is 0 Å². The molecule has 6 nitrogen and oxygen atoms in total. The molecule has 33 heavy (non-hydrogen) atoms. The third kappa shape index (κ3) is 6.91. The molecular formula is C27H36N4O2. The predicted molar refractivity (Wildman–Crippen MR) is 133 cm³/mol. The summed E-state index contributed by atoms with van der Waals surface area (Å²) in [4.78, 5) is 31.6. The van der Waals surface area contributed by atoms with E-state index in [2.05, 4.69) is 16.8 Å². The smallest absolute Gasteiger partial charge is 0.251 e. The lowest BCUT2D eigenvalue weighted by Crippen LogP contribution is -2.31. The fraction of sp³-hybridized carbons (Fsp3) is 0.444. The first-order valence-electron chi connectivity index (χ1n) is 12.0. The molecule has 176 valence electrons. The summed E-state index contributed by atoms with van der Waals surface area (Å²) in [6.45, 7) is 5.91. The number of benzene rings is 2. The second kappa shape index (κ2) is 12.2. The lowest BCUT2D eigenvalue weighted by molar-refractivity contribution is -0.130. The average molecular weight is 449 g/mol. The standard InChI is InChI=1S/C27H36N4O2/c1-4-5-19-30(3)26(32)20-31-24-12-9-8-11-23(24)29-25(31)13-7-6-10-18-28-27(33)22-16-14-21(2)15-17-22/h8-9,11-12,14-17H,4-7,10,13,18-20H2,1-3H3,(H,28,33). The number of hydrogen-bond donors (Lipinski definition) is 1. The SMILES string of the molecule is CCCCN(C)C(=O)Cn1c(CCCCCNC(=O)c2ccc(C)cc2)nc2ccccc21. The number of hydrogen-bond acceptors (Lipinski definition) is 3. The Bertz CT molecular complexity index is 1060. The van der Waals surface area contributed by atoms with Crippen molar-refractivity contribution in [2.75, 3.05) is 20.1 Å². The van der Waals surface area contributed by atoms with Gasteiger partial charge in [-0.25, -0.2) is 4.98 Å². The van der Waals surface area contributed by atoms with Crippen molar-refractivity contribution >= 4 is 22.8 Å². The summed E-state index contributed by atoms with van der Waals surface area (Å²) in [5.41, 5.74) is 3.78. The summed E-state index contributed by atoms with van der Waals surface area (Å²) in [5, 5.41) is 3.00. The Morgan fingerprint density at radius 3 is 2.52 bits per heavy atom. The van der Waals surface area contributed by atoms with Crippen LogP contribution in [0.1, 0.15) is 60.8 Å². The van der Waals surface area contributed by atoms with Crippen LogP contribution in [0, 0.1) is 6.92 Å². The van der Waals surface area contributed by atoms with Crippen molar-refractivity contribution in [2.45, 2.75) is 58.9 Å². The van der Waals surface area contributed by atoms with Crippen LogP contribution in [0.2, 0.25) is 0 Å². The van der Waals surface area contributed by atoms with Gasteiger partial charge in [0.1, 0.15) is 12.4 Å². The summed E-state index contributed by atoms with van der Waals surface area (Å²) in [7, 11) is 1.88. The number of nitrogens with one attached hydrogen (secondary N) is 1. The van der Waals surface area contributed by atoms with Crippen LogP contribution in [-0.2, 0) is 17.8 Å². The van der Waals surface area contributed by atoms with Crippen LogP contribution < -0.4 is 5.32 Å². The molecule has 1 heterocycles. The monoisotopic (exact) mass is 448 g/mol. The predicted octanol–water partition coefficient (Wildman–Crippen LogP) is 4.75. The Labute approximate surface area is 197 Å². The topological polar surface area (TPSA) is 67.2 Å². The molecule has 1 N–H and O–H groups in total. The summed E-state index contributed by atoms with van der Waals surface area (Å²) in [6, 6.07) is 15.6. The highest BCUT2D eigenvalue weighted by molar-refractivity contribution is 5.94. The molecule has 0 radical (unpaired) electrons. The summed E-state index contributed by atoms with van der Waals surface area (Å²) < 4.78 is 2.07. The fourth-order valence-electron chi connectivity index (χ4n) is 3.86. The van der Waals surface area contributed by atoms with Crippen LogP contribution in [0.15, 0.2) is 48.5 Å². The van der Waals surface area contributed by atoms with Crippen LogP contribution >= 0.6 is 0 Å². The van der Waals surface area contributed by atoms with Crippen LogP contribution in [0.5, 0.6) is 0 Å². The Balaban J connectivity index is 1.51. The highest BCUT2D eigenvalue weighted by Crippen LogP contribution is 2.18. The molecule has 0 unspecified atom stereocenters. The lowest BCUT2D eigenvalue weighted by Gasteiger charge is -2.18. The van der Waals surface area contributed by atoms with Crippen molar-refractivity contribution in [3.05, 3.63) is 65.5 Å². The second-order valence-electron chi connectivity index (χ2n) is 8.70. The van der Waals surface area contributed by atoms with E-state index in [4.69, 9.17) is 4.98 Å². The van der Waals surface area contributed by atoms with Crippen molar-refractivity contribution in [3.63, 3.8) is 0 Å². The minimum atomic E-state index is -0.0255. The molecule has 0 saturated carbocycles. The Morgan fingerprint density at radius 2 is 1.76 bits per heavy atom. The number of amides is 2. The zero-order chi connectivity index (χ0) is 23.6. The normalized spacial score (nSPS) is 11.0. The van der Waals surface area contributed by atoms with Gasteiger partial charge in [0.05, 0.1) is 11.0 Å². The third-order valence-corrected chi connectivity index (χ3v) is 5.98. The number of nitrogens with zero attached hydrogens (tertiary/aromatic N) is 3. The molecule has 2 aromatic carbocycles. The quantitative estimate of drug-likeness (QED) is 0.407. The number of carbonyl (C=O) groups is 2. The number of fused-ring (bicyclic) bond motifs is 1. The van der Waals surface area contributed by atoms with E-state index in [9.17, 15) is 9.59 Å². The number of likely N-dealkylation sites (N-methyl/N-ethyl adjacent to an activating group) is 1. The van der Waals surface area contributed by atoms with Crippen LogP contribution in [-0.4, -0.2) is 46.4 Å². The number of aromatic nitrogens is 2. The molecule has 1 aromatic heterocycles. The molecular weight excluding hydrogens is 412 g/mol. The molecule has 3 aromatic rings. The maximum absolute atomic E-state index is 12.8.